The van der Waals surface area contributed by atoms with Gasteiger partial charge in [0, 0.05) is 50.4 Å². The first-order valence-electron chi connectivity index (χ1n) is 8.14. The number of hydrogen-bond acceptors (Lipinski definition) is 5. The summed E-state index contributed by atoms with van der Waals surface area (Å²) in [5.74, 6) is -1.04. The van der Waals surface area contributed by atoms with E-state index in [0.29, 0.717) is 17.8 Å². The fourth-order valence-electron chi connectivity index (χ4n) is 3.01. The van der Waals surface area contributed by atoms with E-state index in [1.165, 1.54) is 35.0 Å². The largest absolute Gasteiger partial charge is 0.478 e. The van der Waals surface area contributed by atoms with E-state index in [1.54, 1.807) is 18.5 Å². The zero-order valence-electron chi connectivity index (χ0n) is 14.5. The Morgan fingerprint density at radius 3 is 2.62 bits per heavy atom. The molecule has 2 aromatic rings. The van der Waals surface area contributed by atoms with Gasteiger partial charge in [0.15, 0.2) is 0 Å². The number of hydrogen-bond donors (Lipinski definition) is 1. The monoisotopic (exact) mass is 376 g/mol. The molecule has 1 N–H and O–H groups in total. The Labute approximate surface area is 152 Å². The van der Waals surface area contributed by atoms with E-state index in [0.717, 1.165) is 18.4 Å². The quantitative estimate of drug-likeness (QED) is 0.853. The molecule has 0 saturated carbocycles. The topological polar surface area (TPSA) is 104 Å². The minimum Gasteiger partial charge on any atom is -0.478 e. The lowest BCUT2D eigenvalue weighted by molar-refractivity contribution is 0.0696. The molecule has 1 atom stereocenters. The second-order valence-electron chi connectivity index (χ2n) is 6.30. The van der Waals surface area contributed by atoms with E-state index in [4.69, 9.17) is 5.11 Å². The molecule has 1 aliphatic heterocycles. The summed E-state index contributed by atoms with van der Waals surface area (Å²) in [4.78, 5) is 19.5. The van der Waals surface area contributed by atoms with Crippen LogP contribution in [0.3, 0.4) is 0 Å². The lowest BCUT2D eigenvalue weighted by Crippen LogP contribution is -2.39. The molecule has 0 radical (unpaired) electrons. The van der Waals surface area contributed by atoms with Gasteiger partial charge in [-0.3, -0.25) is 9.97 Å². The van der Waals surface area contributed by atoms with Crippen molar-refractivity contribution in [3.8, 4) is 11.1 Å². The first kappa shape index (κ1) is 18.4. The highest BCUT2D eigenvalue weighted by Gasteiger charge is 2.37. The fraction of sp³-hybridized carbons (Fsp3) is 0.353. The Balaban J connectivity index is 1.88. The molecule has 0 spiro atoms. The van der Waals surface area contributed by atoms with Gasteiger partial charge >= 0.3 is 5.97 Å². The van der Waals surface area contributed by atoms with Gasteiger partial charge in [-0.15, -0.1) is 0 Å². The third-order valence-electron chi connectivity index (χ3n) is 4.41. The number of nitrogens with zero attached hydrogens (tertiary/aromatic N) is 4. The van der Waals surface area contributed by atoms with Gasteiger partial charge in [0.1, 0.15) is 0 Å². The van der Waals surface area contributed by atoms with Crippen LogP contribution in [0.25, 0.3) is 11.1 Å². The van der Waals surface area contributed by atoms with Gasteiger partial charge in [0.25, 0.3) is 10.2 Å². The SMILES string of the molecule is CN(C)S(=O)(=O)N1CCCC1c1ccc(-c2cncc(C(=O)O)c2)cn1. The summed E-state index contributed by atoms with van der Waals surface area (Å²) in [6.45, 7) is 0.471. The minimum absolute atomic E-state index is 0.102. The fourth-order valence-corrected chi connectivity index (χ4v) is 4.32. The van der Waals surface area contributed by atoms with Crippen molar-refractivity contribution in [2.45, 2.75) is 18.9 Å². The normalized spacial score (nSPS) is 18.3. The van der Waals surface area contributed by atoms with E-state index in [-0.39, 0.29) is 11.6 Å². The first-order chi connectivity index (χ1) is 12.3. The van der Waals surface area contributed by atoms with Crippen molar-refractivity contribution in [3.63, 3.8) is 0 Å². The van der Waals surface area contributed by atoms with Gasteiger partial charge in [0.05, 0.1) is 17.3 Å². The predicted octanol–water partition coefficient (Wildman–Crippen LogP) is 1.79. The highest BCUT2D eigenvalue weighted by Crippen LogP contribution is 2.34. The summed E-state index contributed by atoms with van der Waals surface area (Å²) in [6.07, 6.45) is 5.98. The Morgan fingerprint density at radius 2 is 2.00 bits per heavy atom. The number of pyridine rings is 2. The molecule has 0 aliphatic carbocycles. The third kappa shape index (κ3) is 3.46. The van der Waals surface area contributed by atoms with Gasteiger partial charge in [-0.25, -0.2) is 4.79 Å². The minimum atomic E-state index is -3.50. The number of carboxylic acid groups (broad SMARTS) is 1. The van der Waals surface area contributed by atoms with Crippen LogP contribution in [0.1, 0.15) is 34.9 Å². The number of carbonyl (C=O) groups is 1. The first-order valence-corrected chi connectivity index (χ1v) is 9.54. The zero-order chi connectivity index (χ0) is 18.9. The summed E-state index contributed by atoms with van der Waals surface area (Å²) in [6, 6.07) is 4.84. The molecule has 3 rings (SSSR count). The highest BCUT2D eigenvalue weighted by molar-refractivity contribution is 7.86. The lowest BCUT2D eigenvalue weighted by Gasteiger charge is -2.26. The maximum Gasteiger partial charge on any atom is 0.337 e. The second-order valence-corrected chi connectivity index (χ2v) is 8.39. The molecule has 3 heterocycles. The molecule has 26 heavy (non-hydrogen) atoms. The number of aromatic carboxylic acids is 1. The maximum atomic E-state index is 12.5. The van der Waals surface area contributed by atoms with Crippen molar-refractivity contribution in [2.75, 3.05) is 20.6 Å². The van der Waals surface area contributed by atoms with Gasteiger partial charge in [-0.2, -0.15) is 17.0 Å². The summed E-state index contributed by atoms with van der Waals surface area (Å²) < 4.78 is 27.6. The van der Waals surface area contributed by atoms with E-state index >= 15 is 0 Å². The van der Waals surface area contributed by atoms with E-state index < -0.39 is 16.2 Å². The number of carboxylic acids is 1. The van der Waals surface area contributed by atoms with Crippen molar-refractivity contribution in [1.82, 2.24) is 18.6 Å². The molecular formula is C17H20N4O4S. The molecule has 1 unspecified atom stereocenters. The Kier molecular flexibility index (Phi) is 5.03. The summed E-state index contributed by atoms with van der Waals surface area (Å²) >= 11 is 0. The molecule has 0 amide bonds. The van der Waals surface area contributed by atoms with Crippen molar-refractivity contribution in [3.05, 3.63) is 48.0 Å². The molecule has 2 aromatic heterocycles. The molecule has 138 valence electrons. The van der Waals surface area contributed by atoms with Crippen LogP contribution in [-0.4, -0.2) is 58.7 Å². The van der Waals surface area contributed by atoms with Crippen LogP contribution < -0.4 is 0 Å². The summed E-state index contributed by atoms with van der Waals surface area (Å²) in [5.41, 5.74) is 2.15. The number of rotatable bonds is 5. The molecule has 1 saturated heterocycles. The summed E-state index contributed by atoms with van der Waals surface area (Å²) in [5, 5.41) is 9.07. The molecule has 9 heteroatoms. The average molecular weight is 376 g/mol. The molecule has 0 aromatic carbocycles. The van der Waals surface area contributed by atoms with Crippen molar-refractivity contribution >= 4 is 16.2 Å². The van der Waals surface area contributed by atoms with Gasteiger partial charge < -0.3 is 5.11 Å². The van der Waals surface area contributed by atoms with E-state index in [2.05, 4.69) is 9.97 Å². The van der Waals surface area contributed by atoms with Gasteiger partial charge in [-0.05, 0) is 25.0 Å². The van der Waals surface area contributed by atoms with Crippen LogP contribution in [0.5, 0.6) is 0 Å². The summed E-state index contributed by atoms with van der Waals surface area (Å²) in [7, 11) is -0.465. The van der Waals surface area contributed by atoms with Gasteiger partial charge in [-0.1, -0.05) is 6.07 Å². The number of aromatic nitrogens is 2. The van der Waals surface area contributed by atoms with Crippen LogP contribution in [-0.2, 0) is 10.2 Å². The van der Waals surface area contributed by atoms with Crippen LogP contribution >= 0.6 is 0 Å². The van der Waals surface area contributed by atoms with Gasteiger partial charge in [0.2, 0.25) is 0 Å². The average Bonchev–Trinajstić information content (AvgIpc) is 3.12. The van der Waals surface area contributed by atoms with Crippen molar-refractivity contribution in [2.24, 2.45) is 0 Å². The highest BCUT2D eigenvalue weighted by atomic mass is 32.2. The van der Waals surface area contributed by atoms with E-state index in [1.807, 2.05) is 6.07 Å². The zero-order valence-corrected chi connectivity index (χ0v) is 15.3. The molecular weight excluding hydrogens is 356 g/mol. The smallest absolute Gasteiger partial charge is 0.337 e. The maximum absolute atomic E-state index is 12.5. The van der Waals surface area contributed by atoms with Crippen LogP contribution in [0, 0.1) is 0 Å². The predicted molar refractivity (Wildman–Crippen MR) is 95.7 cm³/mol. The Hall–Kier alpha value is -2.36. The molecule has 0 bridgehead atoms. The van der Waals surface area contributed by atoms with E-state index in [9.17, 15) is 13.2 Å². The van der Waals surface area contributed by atoms with Crippen LogP contribution in [0.4, 0.5) is 0 Å². The molecule has 1 fully saturated rings. The standard InChI is InChI=1S/C17H20N4O4S/c1-20(2)26(24,25)21-7-3-4-16(21)15-6-5-12(11-19-15)13-8-14(17(22)23)10-18-9-13/h5-6,8-11,16H,3-4,7H2,1-2H3,(H,22,23). The van der Waals surface area contributed by atoms with Crippen molar-refractivity contribution in [1.29, 1.82) is 0 Å². The Morgan fingerprint density at radius 1 is 1.23 bits per heavy atom. The molecule has 1 aliphatic rings. The second kappa shape index (κ2) is 7.10. The Bertz CT molecular complexity index is 913. The van der Waals surface area contributed by atoms with Crippen LogP contribution in [0.15, 0.2) is 36.8 Å². The third-order valence-corrected chi connectivity index (χ3v) is 6.36. The lowest BCUT2D eigenvalue weighted by atomic mass is 10.1. The van der Waals surface area contributed by atoms with Crippen LogP contribution in [0.2, 0.25) is 0 Å². The van der Waals surface area contributed by atoms with Crippen molar-refractivity contribution < 1.29 is 18.3 Å². The molecule has 8 nitrogen and oxygen atoms in total.